The van der Waals surface area contributed by atoms with E-state index in [-0.39, 0.29) is 65.7 Å². The molecule has 0 aliphatic carbocycles. The molecule has 12 heteroatoms. The van der Waals surface area contributed by atoms with Crippen LogP contribution in [-0.2, 0) is 11.2 Å². The number of aryl methyl sites for hydroxylation is 2. The molecule has 3 rings (SSSR count). The first-order valence-electron chi connectivity index (χ1n) is 11.7. The molecule has 1 unspecified atom stereocenters. The van der Waals surface area contributed by atoms with Gasteiger partial charge in [-0.3, -0.25) is 19.7 Å². The van der Waals surface area contributed by atoms with Crippen molar-refractivity contribution in [2.75, 3.05) is 26.2 Å². The molecule has 192 valence electrons. The lowest BCUT2D eigenvalue weighted by atomic mass is 10.0. The quantitative estimate of drug-likeness (QED) is 0.309. The Balaban J connectivity index is 1.84. The Morgan fingerprint density at radius 1 is 1.19 bits per heavy atom. The number of nitro groups is 1. The summed E-state index contributed by atoms with van der Waals surface area (Å²) >= 11 is 6.15. The molecule has 1 fully saturated rings. The largest absolute Gasteiger partial charge is 0.462 e. The monoisotopic (exact) mass is 517 g/mol. The summed E-state index contributed by atoms with van der Waals surface area (Å²) in [5.74, 6) is -1.08. The number of hydrogen-bond acceptors (Lipinski definition) is 8. The molecule has 1 aliphatic rings. The van der Waals surface area contributed by atoms with Crippen LogP contribution in [0.25, 0.3) is 0 Å². The van der Waals surface area contributed by atoms with Crippen molar-refractivity contribution in [3.63, 3.8) is 0 Å². The van der Waals surface area contributed by atoms with E-state index < -0.39 is 16.8 Å². The zero-order valence-corrected chi connectivity index (χ0v) is 21.4. The fourth-order valence-corrected chi connectivity index (χ4v) is 4.42. The van der Waals surface area contributed by atoms with Crippen molar-refractivity contribution in [2.45, 2.75) is 46.6 Å². The average Bonchev–Trinajstić information content (AvgIpc) is 2.83. The van der Waals surface area contributed by atoms with Crippen molar-refractivity contribution in [1.82, 2.24) is 19.8 Å². The molecule has 0 bridgehead atoms. The van der Waals surface area contributed by atoms with E-state index >= 15 is 0 Å². The first-order valence-corrected chi connectivity index (χ1v) is 12.1. The molecule has 2 heterocycles. The highest BCUT2D eigenvalue weighted by Gasteiger charge is 2.35. The number of amides is 2. The number of benzene rings is 1. The Morgan fingerprint density at radius 3 is 2.50 bits per heavy atom. The van der Waals surface area contributed by atoms with Gasteiger partial charge in [-0.1, -0.05) is 24.9 Å². The predicted molar refractivity (Wildman–Crippen MR) is 131 cm³/mol. The van der Waals surface area contributed by atoms with Crippen molar-refractivity contribution >= 4 is 35.1 Å². The maximum absolute atomic E-state index is 13.5. The fraction of sp³-hybridized carbons (Fsp3) is 0.458. The zero-order valence-electron chi connectivity index (χ0n) is 20.6. The molecule has 0 radical (unpaired) electrons. The second-order valence-corrected chi connectivity index (χ2v) is 8.84. The van der Waals surface area contributed by atoms with E-state index in [0.29, 0.717) is 17.9 Å². The minimum Gasteiger partial charge on any atom is -0.462 e. The molecule has 2 amide bonds. The number of carbonyl (C=O) groups excluding carboxylic acids is 3. The Kier molecular flexibility index (Phi) is 8.57. The molecular formula is C24H28ClN5O6. The number of nitrogens with zero attached hydrogens (tertiary/aromatic N) is 5. The highest BCUT2D eigenvalue weighted by Crippen LogP contribution is 2.26. The molecule has 1 aliphatic heterocycles. The van der Waals surface area contributed by atoms with Crippen molar-refractivity contribution < 1.29 is 24.0 Å². The minimum absolute atomic E-state index is 0.00482. The topological polar surface area (TPSA) is 136 Å². The van der Waals surface area contributed by atoms with Crippen molar-refractivity contribution in [3.05, 3.63) is 61.7 Å². The summed E-state index contributed by atoms with van der Waals surface area (Å²) in [5.41, 5.74) is 0.489. The van der Waals surface area contributed by atoms with Gasteiger partial charge in [-0.25, -0.2) is 14.8 Å². The number of piperazine rings is 1. The van der Waals surface area contributed by atoms with E-state index in [9.17, 15) is 24.5 Å². The molecule has 1 atom stereocenters. The van der Waals surface area contributed by atoms with Crippen molar-refractivity contribution in [3.8, 4) is 0 Å². The number of rotatable bonds is 7. The average molecular weight is 518 g/mol. The first kappa shape index (κ1) is 27.0. The van der Waals surface area contributed by atoms with Gasteiger partial charge in [-0.15, -0.1) is 0 Å². The summed E-state index contributed by atoms with van der Waals surface area (Å²) in [4.78, 5) is 61.5. The number of hydrogen-bond donors (Lipinski definition) is 0. The molecule has 1 saturated heterocycles. The Labute approximate surface area is 213 Å². The number of nitro benzene ring substituents is 1. The maximum atomic E-state index is 13.5. The second kappa shape index (κ2) is 11.4. The van der Waals surface area contributed by atoms with Gasteiger partial charge in [0.25, 0.3) is 17.5 Å². The first-order chi connectivity index (χ1) is 17.1. The van der Waals surface area contributed by atoms with Gasteiger partial charge in [0.1, 0.15) is 17.1 Å². The maximum Gasteiger partial charge on any atom is 0.342 e. The van der Waals surface area contributed by atoms with E-state index in [0.717, 1.165) is 12.5 Å². The highest BCUT2D eigenvalue weighted by atomic mass is 35.5. The second-order valence-electron chi connectivity index (χ2n) is 8.43. The number of halogens is 1. The van der Waals surface area contributed by atoms with E-state index in [1.807, 2.05) is 6.92 Å². The molecule has 11 nitrogen and oxygen atoms in total. The number of carbonyl (C=O) groups is 3. The van der Waals surface area contributed by atoms with Crippen LogP contribution < -0.4 is 0 Å². The molecule has 36 heavy (non-hydrogen) atoms. The standard InChI is InChI=1S/C24H28ClN5O6/c1-5-7-19-20(24(33)36-6-2)21(27-15(4)26-19)23(32)28-10-11-29(14(3)13-28)22(31)17-9-8-16(30(34)35)12-18(17)25/h8-9,12,14H,5-7,10-11,13H2,1-4H3. The van der Waals surface area contributed by atoms with E-state index in [2.05, 4.69) is 9.97 Å². The van der Waals surface area contributed by atoms with Gasteiger partial charge in [0.15, 0.2) is 0 Å². The van der Waals surface area contributed by atoms with Crippen molar-refractivity contribution in [1.29, 1.82) is 0 Å². The summed E-state index contributed by atoms with van der Waals surface area (Å²) in [6.07, 6.45) is 1.21. The number of aromatic nitrogens is 2. The molecule has 0 N–H and O–H groups in total. The minimum atomic E-state index is -0.640. The summed E-state index contributed by atoms with van der Waals surface area (Å²) in [6.45, 7) is 7.84. The number of ether oxygens (including phenoxy) is 1. The van der Waals surface area contributed by atoms with E-state index in [1.54, 1.807) is 30.6 Å². The van der Waals surface area contributed by atoms with Gasteiger partial charge < -0.3 is 14.5 Å². The highest BCUT2D eigenvalue weighted by molar-refractivity contribution is 6.34. The van der Waals surface area contributed by atoms with Crippen LogP contribution in [0.1, 0.15) is 69.9 Å². The lowest BCUT2D eigenvalue weighted by Gasteiger charge is -2.40. The SMILES string of the molecule is CCCc1nc(C)nc(C(=O)N2CCN(C(=O)c3ccc([N+](=O)[O-])cc3Cl)C(C)C2)c1C(=O)OCC. The third-order valence-electron chi connectivity index (χ3n) is 5.83. The summed E-state index contributed by atoms with van der Waals surface area (Å²) < 4.78 is 5.19. The van der Waals surface area contributed by atoms with Gasteiger partial charge in [0.2, 0.25) is 0 Å². The van der Waals surface area contributed by atoms with Gasteiger partial charge in [0, 0.05) is 37.8 Å². The van der Waals surface area contributed by atoms with Crippen LogP contribution in [-0.4, -0.2) is 74.8 Å². The zero-order chi connectivity index (χ0) is 26.6. The lowest BCUT2D eigenvalue weighted by molar-refractivity contribution is -0.384. The van der Waals surface area contributed by atoms with Gasteiger partial charge in [-0.2, -0.15) is 0 Å². The van der Waals surface area contributed by atoms with Gasteiger partial charge in [0.05, 0.1) is 27.8 Å². The van der Waals surface area contributed by atoms with Crippen LogP contribution in [0.2, 0.25) is 5.02 Å². The van der Waals surface area contributed by atoms with Gasteiger partial charge in [-0.05, 0) is 33.3 Å². The summed E-state index contributed by atoms with van der Waals surface area (Å²) in [5, 5.41) is 10.9. The van der Waals surface area contributed by atoms with Crippen LogP contribution in [0, 0.1) is 17.0 Å². The van der Waals surface area contributed by atoms with Crippen molar-refractivity contribution in [2.24, 2.45) is 0 Å². The van der Waals surface area contributed by atoms with Crippen LogP contribution in [0.3, 0.4) is 0 Å². The molecule has 1 aromatic carbocycles. The van der Waals surface area contributed by atoms with Gasteiger partial charge >= 0.3 is 5.97 Å². The Hall–Kier alpha value is -3.60. The third-order valence-corrected chi connectivity index (χ3v) is 6.15. The Morgan fingerprint density at radius 2 is 1.92 bits per heavy atom. The molecule has 2 aromatic rings. The molecule has 0 spiro atoms. The van der Waals surface area contributed by atoms with Crippen LogP contribution in [0.4, 0.5) is 5.69 Å². The summed E-state index contributed by atoms with van der Waals surface area (Å²) in [6, 6.07) is 3.32. The molecular weight excluding hydrogens is 490 g/mol. The lowest BCUT2D eigenvalue weighted by Crippen LogP contribution is -2.55. The molecule has 1 aromatic heterocycles. The predicted octanol–water partition coefficient (Wildman–Crippen LogP) is 3.46. The Bertz CT molecular complexity index is 1200. The number of non-ortho nitro benzene ring substituents is 1. The third kappa shape index (κ3) is 5.62. The smallest absolute Gasteiger partial charge is 0.342 e. The fourth-order valence-electron chi connectivity index (χ4n) is 4.16. The van der Waals surface area contributed by atoms with E-state index in [1.165, 1.54) is 12.1 Å². The van der Waals surface area contributed by atoms with Crippen LogP contribution in [0.15, 0.2) is 18.2 Å². The molecule has 0 saturated carbocycles. The number of esters is 1. The summed E-state index contributed by atoms with van der Waals surface area (Å²) in [7, 11) is 0. The van der Waals surface area contributed by atoms with Crippen LogP contribution in [0.5, 0.6) is 0 Å². The van der Waals surface area contributed by atoms with E-state index in [4.69, 9.17) is 16.3 Å². The van der Waals surface area contributed by atoms with Crippen LogP contribution >= 0.6 is 11.6 Å². The normalized spacial score (nSPS) is 15.5.